The van der Waals surface area contributed by atoms with E-state index in [0.29, 0.717) is 6.04 Å². The molecule has 3 aromatic rings. The first-order chi connectivity index (χ1) is 16.2. The van der Waals surface area contributed by atoms with Gasteiger partial charge in [0.05, 0.1) is 48.9 Å². The summed E-state index contributed by atoms with van der Waals surface area (Å²) in [5.41, 5.74) is 4.06. The fourth-order valence-electron chi connectivity index (χ4n) is 4.76. The van der Waals surface area contributed by atoms with E-state index in [1.54, 1.807) is 19.5 Å². The first kappa shape index (κ1) is 21.9. The number of pyridine rings is 2. The summed E-state index contributed by atoms with van der Waals surface area (Å²) in [4.78, 5) is 16.1. The van der Waals surface area contributed by atoms with Crippen molar-refractivity contribution in [1.82, 2.24) is 24.8 Å². The number of nitrogens with zero attached hydrogens (tertiary/aromatic N) is 5. The molecule has 2 aliphatic rings. The summed E-state index contributed by atoms with van der Waals surface area (Å²) in [5, 5.41) is 3.81. The highest BCUT2D eigenvalue weighted by molar-refractivity contribution is 5.58. The molecule has 0 bridgehead atoms. The number of hydrogen-bond acceptors (Lipinski definition) is 6. The van der Waals surface area contributed by atoms with Crippen molar-refractivity contribution in [2.24, 2.45) is 5.92 Å². The van der Waals surface area contributed by atoms with Crippen molar-refractivity contribution < 1.29 is 4.74 Å². The number of rotatable bonds is 8. The van der Waals surface area contributed by atoms with Gasteiger partial charge in [-0.2, -0.15) is 0 Å². The smallest absolute Gasteiger partial charge is 0.137 e. The molecule has 33 heavy (non-hydrogen) atoms. The van der Waals surface area contributed by atoms with Gasteiger partial charge in [-0.15, -0.1) is 0 Å². The lowest BCUT2D eigenvalue weighted by Crippen LogP contribution is -2.47. The molecule has 1 aliphatic carbocycles. The number of piperidine rings is 1. The van der Waals surface area contributed by atoms with Crippen molar-refractivity contribution in [2.75, 3.05) is 31.6 Å². The van der Waals surface area contributed by atoms with Crippen LogP contribution in [0, 0.1) is 5.92 Å². The van der Waals surface area contributed by atoms with Crippen LogP contribution >= 0.6 is 0 Å². The monoisotopic (exact) mass is 446 g/mol. The summed E-state index contributed by atoms with van der Waals surface area (Å²) in [7, 11) is 1.65. The number of anilines is 1. The minimum atomic E-state index is 0.0946. The van der Waals surface area contributed by atoms with Gasteiger partial charge in [0.1, 0.15) is 5.75 Å². The molecular weight excluding hydrogens is 412 g/mol. The molecule has 2 atom stereocenters. The van der Waals surface area contributed by atoms with E-state index in [0.717, 1.165) is 41.7 Å². The second-order valence-electron chi connectivity index (χ2n) is 9.43. The Bertz CT molecular complexity index is 1040. The van der Waals surface area contributed by atoms with Crippen LogP contribution in [0.15, 0.2) is 49.3 Å². The Morgan fingerprint density at radius 3 is 2.79 bits per heavy atom. The fourth-order valence-corrected chi connectivity index (χ4v) is 4.76. The SMILES string of the molecule is COc1cncc(-c2cn(C(C)c3ccc(N4CCC[C@@H](NCC5CCC5)C4)cn3)cn2)c1. The molecule has 1 N–H and O–H groups in total. The normalized spacial score (nSPS) is 19.8. The first-order valence-electron chi connectivity index (χ1n) is 12.2. The molecule has 1 saturated heterocycles. The van der Waals surface area contributed by atoms with E-state index in [-0.39, 0.29) is 6.04 Å². The fraction of sp³-hybridized carbons (Fsp3) is 0.500. The maximum absolute atomic E-state index is 5.28. The Morgan fingerprint density at radius 2 is 2.03 bits per heavy atom. The first-order valence-corrected chi connectivity index (χ1v) is 12.2. The van der Waals surface area contributed by atoms with Gasteiger partial charge in [-0.05, 0) is 63.3 Å². The van der Waals surface area contributed by atoms with Gasteiger partial charge >= 0.3 is 0 Å². The highest BCUT2D eigenvalue weighted by atomic mass is 16.5. The van der Waals surface area contributed by atoms with Gasteiger partial charge in [-0.1, -0.05) is 6.42 Å². The Kier molecular flexibility index (Phi) is 6.58. The summed E-state index contributed by atoms with van der Waals surface area (Å²) in [5.74, 6) is 1.64. The average molecular weight is 447 g/mol. The van der Waals surface area contributed by atoms with Crippen molar-refractivity contribution in [2.45, 2.75) is 51.1 Å². The topological polar surface area (TPSA) is 68.1 Å². The highest BCUT2D eigenvalue weighted by Gasteiger charge is 2.23. The number of methoxy groups -OCH3 is 1. The van der Waals surface area contributed by atoms with Crippen molar-refractivity contribution >= 4 is 5.69 Å². The van der Waals surface area contributed by atoms with Gasteiger partial charge < -0.3 is 19.5 Å². The zero-order chi connectivity index (χ0) is 22.6. The lowest BCUT2D eigenvalue weighted by molar-refractivity contribution is 0.280. The summed E-state index contributed by atoms with van der Waals surface area (Å²) in [6.45, 7) is 5.52. The second kappa shape index (κ2) is 9.91. The van der Waals surface area contributed by atoms with Crippen LogP contribution in [0.5, 0.6) is 5.75 Å². The zero-order valence-corrected chi connectivity index (χ0v) is 19.7. The van der Waals surface area contributed by atoms with Gasteiger partial charge in [-0.25, -0.2) is 4.98 Å². The lowest BCUT2D eigenvalue weighted by atomic mass is 9.85. The van der Waals surface area contributed by atoms with Crippen LogP contribution < -0.4 is 15.0 Å². The Hall–Kier alpha value is -2.93. The number of hydrogen-bond donors (Lipinski definition) is 1. The summed E-state index contributed by atoms with van der Waals surface area (Å²) in [6, 6.07) is 7.00. The molecule has 1 unspecified atom stereocenters. The van der Waals surface area contributed by atoms with Gasteiger partial charge in [0.25, 0.3) is 0 Å². The Balaban J connectivity index is 1.22. The summed E-state index contributed by atoms with van der Waals surface area (Å²) >= 11 is 0. The number of aromatic nitrogens is 4. The quantitative estimate of drug-likeness (QED) is 0.556. The minimum Gasteiger partial charge on any atom is -0.495 e. The van der Waals surface area contributed by atoms with Crippen LogP contribution in [0.1, 0.15) is 50.8 Å². The third kappa shape index (κ3) is 5.03. The van der Waals surface area contributed by atoms with Crippen molar-refractivity contribution in [1.29, 1.82) is 0 Å². The van der Waals surface area contributed by atoms with E-state index >= 15 is 0 Å². The van der Waals surface area contributed by atoms with Gasteiger partial charge in [0.15, 0.2) is 0 Å². The summed E-state index contributed by atoms with van der Waals surface area (Å²) < 4.78 is 7.38. The second-order valence-corrected chi connectivity index (χ2v) is 9.43. The standard InChI is InChI=1S/C26H34N6O/c1-19(32-17-26(30-18-32)21-11-24(33-2)15-27-13-21)25-9-8-23(14-29-25)31-10-4-7-22(16-31)28-12-20-5-3-6-20/h8-9,11,13-15,17-20,22,28H,3-7,10,12,16H2,1-2H3/t19?,22-/m1/s1. The Morgan fingerprint density at radius 1 is 1.12 bits per heavy atom. The lowest BCUT2D eigenvalue weighted by Gasteiger charge is -2.36. The van der Waals surface area contributed by atoms with E-state index in [1.807, 2.05) is 24.8 Å². The molecule has 4 heterocycles. The number of ether oxygens (including phenoxy) is 1. The van der Waals surface area contributed by atoms with E-state index < -0.39 is 0 Å². The van der Waals surface area contributed by atoms with Crippen molar-refractivity contribution in [3.8, 4) is 17.0 Å². The predicted molar refractivity (Wildman–Crippen MR) is 131 cm³/mol. The van der Waals surface area contributed by atoms with E-state index in [1.165, 1.54) is 44.3 Å². The largest absolute Gasteiger partial charge is 0.495 e. The van der Waals surface area contributed by atoms with Gasteiger partial charge in [0, 0.05) is 37.1 Å². The molecule has 1 saturated carbocycles. The molecule has 1 aliphatic heterocycles. The van der Waals surface area contributed by atoms with Crippen LogP contribution in [-0.2, 0) is 0 Å². The maximum Gasteiger partial charge on any atom is 0.137 e. The minimum absolute atomic E-state index is 0.0946. The zero-order valence-electron chi connectivity index (χ0n) is 19.7. The highest BCUT2D eigenvalue weighted by Crippen LogP contribution is 2.27. The van der Waals surface area contributed by atoms with Crippen molar-refractivity contribution in [3.05, 3.63) is 55.0 Å². The Labute approximate surface area is 196 Å². The molecule has 0 amide bonds. The number of nitrogens with one attached hydrogen (secondary N) is 1. The summed E-state index contributed by atoms with van der Waals surface area (Å²) in [6.07, 6.45) is 16.2. The third-order valence-corrected chi connectivity index (χ3v) is 7.20. The molecule has 0 radical (unpaired) electrons. The molecule has 0 aromatic carbocycles. The van der Waals surface area contributed by atoms with Crippen LogP contribution in [-0.4, -0.2) is 52.3 Å². The van der Waals surface area contributed by atoms with E-state index in [4.69, 9.17) is 9.72 Å². The van der Waals surface area contributed by atoms with Crippen molar-refractivity contribution in [3.63, 3.8) is 0 Å². The maximum atomic E-state index is 5.28. The molecule has 7 nitrogen and oxygen atoms in total. The molecule has 3 aromatic heterocycles. The van der Waals surface area contributed by atoms with Crippen LogP contribution in [0.25, 0.3) is 11.3 Å². The van der Waals surface area contributed by atoms with Gasteiger partial charge in [-0.3, -0.25) is 9.97 Å². The van der Waals surface area contributed by atoms with Crippen LogP contribution in [0.2, 0.25) is 0 Å². The third-order valence-electron chi connectivity index (χ3n) is 7.20. The van der Waals surface area contributed by atoms with E-state index in [2.05, 4.69) is 43.8 Å². The molecule has 2 fully saturated rings. The van der Waals surface area contributed by atoms with Gasteiger partial charge in [0.2, 0.25) is 0 Å². The predicted octanol–water partition coefficient (Wildman–Crippen LogP) is 4.32. The van der Waals surface area contributed by atoms with E-state index in [9.17, 15) is 0 Å². The number of imidazole rings is 1. The van der Waals surface area contributed by atoms with Crippen LogP contribution in [0.4, 0.5) is 5.69 Å². The average Bonchev–Trinajstić information content (AvgIpc) is 3.33. The molecule has 0 spiro atoms. The molecule has 5 rings (SSSR count). The molecular formula is C26H34N6O. The molecule has 7 heteroatoms. The molecule has 174 valence electrons. The van der Waals surface area contributed by atoms with Crippen LogP contribution in [0.3, 0.4) is 0 Å².